The average Bonchev–Trinajstić information content (AvgIpc) is 3.21. The van der Waals surface area contributed by atoms with Gasteiger partial charge in [0.25, 0.3) is 0 Å². The van der Waals surface area contributed by atoms with Gasteiger partial charge in [0, 0.05) is 11.3 Å². The fraction of sp³-hybridized carbons (Fsp3) is 0.368. The van der Waals surface area contributed by atoms with E-state index in [1.165, 1.54) is 10.3 Å². The van der Waals surface area contributed by atoms with Crippen LogP contribution in [0.1, 0.15) is 40.0 Å². The van der Waals surface area contributed by atoms with Gasteiger partial charge < -0.3 is 0 Å². The molecule has 136 valence electrons. The molecule has 2 aromatic heterocycles. The van der Waals surface area contributed by atoms with E-state index in [0.717, 1.165) is 27.5 Å². The highest BCUT2D eigenvalue weighted by Gasteiger charge is 2.31. The highest BCUT2D eigenvalue weighted by molar-refractivity contribution is 7.91. The Balaban J connectivity index is 1.64. The first-order valence-electron chi connectivity index (χ1n) is 8.64. The summed E-state index contributed by atoms with van der Waals surface area (Å²) in [5.74, 6) is 0.446. The third kappa shape index (κ3) is 3.21. The summed E-state index contributed by atoms with van der Waals surface area (Å²) >= 11 is 1.66. The van der Waals surface area contributed by atoms with Crippen molar-refractivity contribution in [1.82, 2.24) is 14.8 Å². The van der Waals surface area contributed by atoms with Crippen molar-refractivity contribution in [3.63, 3.8) is 0 Å². The Hall–Kier alpha value is -1.99. The van der Waals surface area contributed by atoms with Gasteiger partial charge in [-0.3, -0.25) is 4.68 Å². The number of benzene rings is 1. The molecule has 4 rings (SSSR count). The number of aryl methyl sites for hydroxylation is 2. The molecule has 0 unspecified atom stereocenters. The predicted octanol–water partition coefficient (Wildman–Crippen LogP) is 3.95. The van der Waals surface area contributed by atoms with Crippen LogP contribution < -0.4 is 0 Å². The third-order valence-electron chi connectivity index (χ3n) is 4.89. The summed E-state index contributed by atoms with van der Waals surface area (Å²) in [7, 11) is -2.92. The zero-order chi connectivity index (χ0) is 18.5. The lowest BCUT2D eigenvalue weighted by Gasteiger charge is -2.10. The molecule has 1 aromatic carbocycles. The molecule has 0 N–H and O–H groups in total. The minimum absolute atomic E-state index is 0.0497. The SMILES string of the molecule is Cc1ccc2sc(/C=C/c3c(C)nn([C@H]4CCS(=O)(=O)C4)c3C)nc2c1. The van der Waals surface area contributed by atoms with E-state index >= 15 is 0 Å². The molecular weight excluding hydrogens is 366 g/mol. The standard InChI is InChI=1S/C19H21N3O2S2/c1-12-4-6-18-17(10-12)20-19(25-18)7-5-16-13(2)21-22(14(16)3)15-8-9-26(23,24)11-15/h4-7,10,15H,8-9,11H2,1-3H3/b7-5+/t15-/m0/s1. The first-order chi connectivity index (χ1) is 12.3. The second-order valence-corrected chi connectivity index (χ2v) is 10.2. The summed E-state index contributed by atoms with van der Waals surface area (Å²) in [6, 6.07) is 6.25. The molecule has 0 spiro atoms. The largest absolute Gasteiger partial charge is 0.265 e. The summed E-state index contributed by atoms with van der Waals surface area (Å²) in [6.07, 6.45) is 4.71. The number of aromatic nitrogens is 3. The van der Waals surface area contributed by atoms with E-state index in [2.05, 4.69) is 35.2 Å². The van der Waals surface area contributed by atoms with E-state index in [1.807, 2.05) is 30.7 Å². The van der Waals surface area contributed by atoms with Crippen LogP contribution in [0.3, 0.4) is 0 Å². The van der Waals surface area contributed by atoms with Crippen molar-refractivity contribution in [3.05, 3.63) is 45.7 Å². The molecule has 1 aliphatic rings. The maximum Gasteiger partial charge on any atom is 0.152 e. The first kappa shape index (κ1) is 17.4. The highest BCUT2D eigenvalue weighted by atomic mass is 32.2. The lowest BCUT2D eigenvalue weighted by atomic mass is 10.1. The van der Waals surface area contributed by atoms with Crippen molar-refractivity contribution in [2.75, 3.05) is 11.5 Å². The molecule has 3 aromatic rings. The van der Waals surface area contributed by atoms with Gasteiger partial charge in [-0.05, 0) is 57.0 Å². The summed E-state index contributed by atoms with van der Waals surface area (Å²) in [6.45, 7) is 6.04. The summed E-state index contributed by atoms with van der Waals surface area (Å²) in [4.78, 5) is 4.68. The molecule has 26 heavy (non-hydrogen) atoms. The molecule has 7 heteroatoms. The smallest absolute Gasteiger partial charge is 0.152 e. The van der Waals surface area contributed by atoms with Gasteiger partial charge in [-0.25, -0.2) is 13.4 Å². The van der Waals surface area contributed by atoms with Crippen LogP contribution in [0.2, 0.25) is 0 Å². The van der Waals surface area contributed by atoms with Gasteiger partial charge in [0.1, 0.15) is 5.01 Å². The second kappa shape index (κ2) is 6.32. The Morgan fingerprint density at radius 2 is 2.04 bits per heavy atom. The quantitative estimate of drug-likeness (QED) is 0.683. The van der Waals surface area contributed by atoms with Crippen LogP contribution in [0.15, 0.2) is 18.2 Å². The number of fused-ring (bicyclic) bond motifs is 1. The van der Waals surface area contributed by atoms with Crippen LogP contribution >= 0.6 is 11.3 Å². The molecular formula is C19H21N3O2S2. The Kier molecular flexibility index (Phi) is 4.23. The van der Waals surface area contributed by atoms with Gasteiger partial charge >= 0.3 is 0 Å². The fourth-order valence-corrected chi connectivity index (χ4v) is 6.06. The predicted molar refractivity (Wildman–Crippen MR) is 107 cm³/mol. The molecule has 1 saturated heterocycles. The van der Waals surface area contributed by atoms with Crippen molar-refractivity contribution in [2.24, 2.45) is 0 Å². The minimum Gasteiger partial charge on any atom is -0.265 e. The summed E-state index contributed by atoms with van der Waals surface area (Å²) < 4.78 is 26.6. The molecule has 1 fully saturated rings. The van der Waals surface area contributed by atoms with Gasteiger partial charge in [0.2, 0.25) is 0 Å². The number of sulfone groups is 1. The Morgan fingerprint density at radius 1 is 1.23 bits per heavy atom. The van der Waals surface area contributed by atoms with Crippen LogP contribution in [0.4, 0.5) is 0 Å². The number of hydrogen-bond acceptors (Lipinski definition) is 5. The normalized spacial score (nSPS) is 19.7. The maximum absolute atomic E-state index is 11.8. The van der Waals surface area contributed by atoms with E-state index in [-0.39, 0.29) is 17.5 Å². The third-order valence-corrected chi connectivity index (χ3v) is 7.64. The van der Waals surface area contributed by atoms with Crippen molar-refractivity contribution in [2.45, 2.75) is 33.2 Å². The molecule has 0 bridgehead atoms. The number of rotatable bonds is 3. The molecule has 0 aliphatic carbocycles. The van der Waals surface area contributed by atoms with Crippen LogP contribution in [0.25, 0.3) is 22.4 Å². The van der Waals surface area contributed by atoms with Crippen molar-refractivity contribution in [1.29, 1.82) is 0 Å². The molecule has 5 nitrogen and oxygen atoms in total. The van der Waals surface area contributed by atoms with E-state index < -0.39 is 9.84 Å². The van der Waals surface area contributed by atoms with Gasteiger partial charge in [0.05, 0.1) is 33.5 Å². The van der Waals surface area contributed by atoms with Gasteiger partial charge in [-0.2, -0.15) is 5.10 Å². The van der Waals surface area contributed by atoms with E-state index in [4.69, 9.17) is 0 Å². The van der Waals surface area contributed by atoms with Gasteiger partial charge in [-0.1, -0.05) is 6.07 Å². The molecule has 0 saturated carbocycles. The van der Waals surface area contributed by atoms with Crippen molar-refractivity contribution < 1.29 is 8.42 Å². The first-order valence-corrected chi connectivity index (χ1v) is 11.3. The lowest BCUT2D eigenvalue weighted by Crippen LogP contribution is -2.13. The second-order valence-electron chi connectivity index (χ2n) is 6.94. The summed E-state index contributed by atoms with van der Waals surface area (Å²) in [5.41, 5.74) is 5.20. The van der Waals surface area contributed by atoms with Crippen LogP contribution in [-0.4, -0.2) is 34.7 Å². The molecule has 3 heterocycles. The van der Waals surface area contributed by atoms with Crippen molar-refractivity contribution >= 4 is 43.5 Å². The zero-order valence-electron chi connectivity index (χ0n) is 15.1. The number of thiazole rings is 1. The molecule has 1 atom stereocenters. The summed E-state index contributed by atoms with van der Waals surface area (Å²) in [5, 5.41) is 5.57. The number of hydrogen-bond donors (Lipinski definition) is 0. The number of nitrogens with zero attached hydrogens (tertiary/aromatic N) is 3. The maximum atomic E-state index is 11.8. The molecule has 1 aliphatic heterocycles. The van der Waals surface area contributed by atoms with E-state index in [0.29, 0.717) is 6.42 Å². The zero-order valence-corrected chi connectivity index (χ0v) is 16.7. The van der Waals surface area contributed by atoms with Crippen LogP contribution in [0.5, 0.6) is 0 Å². The minimum atomic E-state index is -2.92. The lowest BCUT2D eigenvalue weighted by molar-refractivity contribution is 0.486. The molecule has 0 amide bonds. The van der Waals surface area contributed by atoms with Crippen molar-refractivity contribution in [3.8, 4) is 0 Å². The Bertz CT molecular complexity index is 1120. The topological polar surface area (TPSA) is 64.8 Å². The Morgan fingerprint density at radius 3 is 2.77 bits per heavy atom. The Labute approximate surface area is 157 Å². The average molecular weight is 388 g/mol. The van der Waals surface area contributed by atoms with E-state index in [9.17, 15) is 8.42 Å². The molecule has 0 radical (unpaired) electrons. The highest BCUT2D eigenvalue weighted by Crippen LogP contribution is 2.29. The van der Waals surface area contributed by atoms with Crippen LogP contribution in [0, 0.1) is 20.8 Å². The van der Waals surface area contributed by atoms with Crippen LogP contribution in [-0.2, 0) is 9.84 Å². The fourth-order valence-electron chi connectivity index (χ4n) is 3.52. The monoisotopic (exact) mass is 387 g/mol. The van der Waals surface area contributed by atoms with E-state index in [1.54, 1.807) is 11.3 Å². The van der Waals surface area contributed by atoms with Gasteiger partial charge in [-0.15, -0.1) is 11.3 Å². The van der Waals surface area contributed by atoms with Gasteiger partial charge in [0.15, 0.2) is 9.84 Å².